The summed E-state index contributed by atoms with van der Waals surface area (Å²) in [6, 6.07) is 9.65. The van der Waals surface area contributed by atoms with E-state index in [9.17, 15) is 5.11 Å². The van der Waals surface area contributed by atoms with E-state index in [1.54, 1.807) is 0 Å². The highest BCUT2D eigenvalue weighted by Crippen LogP contribution is 2.41. The molecule has 4 rings (SSSR count). The van der Waals surface area contributed by atoms with Gasteiger partial charge in [-0.05, 0) is 19.3 Å². The summed E-state index contributed by atoms with van der Waals surface area (Å²) in [6.07, 6.45) is -2.00. The van der Waals surface area contributed by atoms with E-state index in [4.69, 9.17) is 23.5 Å². The Balaban J connectivity index is 1.59. The van der Waals surface area contributed by atoms with Crippen molar-refractivity contribution in [3.05, 3.63) is 30.3 Å². The number of rotatable bonds is 2. The number of fused-ring (bicyclic) bond motifs is 3. The van der Waals surface area contributed by atoms with Crippen molar-refractivity contribution in [3.63, 3.8) is 0 Å². The maximum absolute atomic E-state index is 9.63. The molecule has 6 nitrogen and oxygen atoms in total. The monoisotopic (exact) mass is 306 g/mol. The Morgan fingerprint density at radius 3 is 2.55 bits per heavy atom. The van der Waals surface area contributed by atoms with Crippen LogP contribution in [0.15, 0.2) is 30.3 Å². The first-order valence-electron chi connectivity index (χ1n) is 7.55. The molecule has 3 aliphatic rings. The van der Waals surface area contributed by atoms with Gasteiger partial charge in [0.1, 0.15) is 18.3 Å². The molecule has 0 saturated carbocycles. The van der Waals surface area contributed by atoms with Gasteiger partial charge in [-0.2, -0.15) is 0 Å². The normalized spacial score (nSPS) is 39.6. The Morgan fingerprint density at radius 2 is 1.82 bits per heavy atom. The summed E-state index contributed by atoms with van der Waals surface area (Å²) in [4.78, 5) is 0. The van der Waals surface area contributed by atoms with Gasteiger partial charge in [0.25, 0.3) is 0 Å². The lowest BCUT2D eigenvalue weighted by molar-refractivity contribution is -0.232. The summed E-state index contributed by atoms with van der Waals surface area (Å²) in [5.41, 5.74) is 0.904. The highest BCUT2D eigenvalue weighted by molar-refractivity contribution is 6.61. The van der Waals surface area contributed by atoms with Crippen LogP contribution in [0.5, 0.6) is 0 Å². The Kier molecular flexibility index (Phi) is 3.52. The molecule has 0 spiro atoms. The first-order chi connectivity index (χ1) is 10.6. The minimum atomic E-state index is -0.696. The largest absolute Gasteiger partial charge is 0.494 e. The Labute approximate surface area is 129 Å². The van der Waals surface area contributed by atoms with Gasteiger partial charge in [-0.1, -0.05) is 30.3 Å². The summed E-state index contributed by atoms with van der Waals surface area (Å²) < 4.78 is 29.4. The predicted molar refractivity (Wildman–Crippen MR) is 77.4 cm³/mol. The Bertz CT molecular complexity index is 538. The molecular formula is C15H19BO6. The number of aliphatic hydroxyl groups is 1. The van der Waals surface area contributed by atoms with E-state index in [-0.39, 0.29) is 18.8 Å². The molecule has 22 heavy (non-hydrogen) atoms. The zero-order valence-corrected chi connectivity index (χ0v) is 12.5. The van der Waals surface area contributed by atoms with Crippen molar-refractivity contribution in [2.75, 3.05) is 6.61 Å². The van der Waals surface area contributed by atoms with Crippen LogP contribution in [-0.2, 0) is 23.5 Å². The van der Waals surface area contributed by atoms with Gasteiger partial charge in [0, 0.05) is 0 Å². The summed E-state index contributed by atoms with van der Waals surface area (Å²) in [6.45, 7) is 3.55. The summed E-state index contributed by atoms with van der Waals surface area (Å²) >= 11 is 0. The number of hydrogen-bond acceptors (Lipinski definition) is 6. The lowest BCUT2D eigenvalue weighted by Gasteiger charge is -2.37. The smallest absolute Gasteiger partial charge is 0.399 e. The van der Waals surface area contributed by atoms with Gasteiger partial charge in [-0.15, -0.1) is 0 Å². The van der Waals surface area contributed by atoms with Crippen molar-refractivity contribution in [2.45, 2.75) is 50.3 Å². The van der Waals surface area contributed by atoms with Gasteiger partial charge in [-0.25, -0.2) is 0 Å². The molecule has 5 atom stereocenters. The molecule has 3 fully saturated rings. The second kappa shape index (κ2) is 5.30. The molecule has 0 aliphatic carbocycles. The van der Waals surface area contributed by atoms with E-state index in [0.29, 0.717) is 0 Å². The zero-order valence-electron chi connectivity index (χ0n) is 12.5. The lowest BCUT2D eigenvalue weighted by Crippen LogP contribution is -2.58. The standard InChI is InChI=1S/C15H19BO6/c1-15(2)19-13-12-11(18-14(13)20-15)10(8-17)21-16(22-12)9-6-4-3-5-7-9/h3-7,10-14,17H,8H2,1-2H3. The molecule has 1 aromatic carbocycles. The van der Waals surface area contributed by atoms with Crippen LogP contribution < -0.4 is 5.46 Å². The number of benzene rings is 1. The molecule has 0 radical (unpaired) electrons. The predicted octanol–water partition coefficient (Wildman–Crippen LogP) is 0.0345. The zero-order chi connectivity index (χ0) is 15.3. The molecule has 5 unspecified atom stereocenters. The Hall–Kier alpha value is -0.955. The van der Waals surface area contributed by atoms with Crippen molar-refractivity contribution >= 4 is 12.6 Å². The van der Waals surface area contributed by atoms with Crippen molar-refractivity contribution in [3.8, 4) is 0 Å². The van der Waals surface area contributed by atoms with Crippen LogP contribution in [0.2, 0.25) is 0 Å². The van der Waals surface area contributed by atoms with Gasteiger partial charge < -0.3 is 28.6 Å². The number of ether oxygens (including phenoxy) is 3. The van der Waals surface area contributed by atoms with Gasteiger partial charge in [0.2, 0.25) is 0 Å². The molecule has 0 aromatic heterocycles. The summed E-state index contributed by atoms with van der Waals surface area (Å²) in [5.74, 6) is -0.696. The van der Waals surface area contributed by atoms with Crippen LogP contribution in [0.25, 0.3) is 0 Å². The van der Waals surface area contributed by atoms with E-state index in [2.05, 4.69) is 0 Å². The molecule has 118 valence electrons. The molecular weight excluding hydrogens is 287 g/mol. The van der Waals surface area contributed by atoms with Gasteiger partial charge in [0.15, 0.2) is 12.1 Å². The van der Waals surface area contributed by atoms with Crippen LogP contribution in [0.1, 0.15) is 13.8 Å². The van der Waals surface area contributed by atoms with E-state index in [1.165, 1.54) is 0 Å². The van der Waals surface area contributed by atoms with E-state index in [0.717, 1.165) is 5.46 Å². The van der Waals surface area contributed by atoms with E-state index in [1.807, 2.05) is 44.2 Å². The molecule has 3 aliphatic heterocycles. The fourth-order valence-corrected chi connectivity index (χ4v) is 3.28. The van der Waals surface area contributed by atoms with Crippen LogP contribution in [0, 0.1) is 0 Å². The molecule has 1 N–H and O–H groups in total. The van der Waals surface area contributed by atoms with Gasteiger partial charge in [-0.3, -0.25) is 0 Å². The minimum absolute atomic E-state index is 0.142. The summed E-state index contributed by atoms with van der Waals surface area (Å²) in [7, 11) is -0.547. The first-order valence-corrected chi connectivity index (χ1v) is 7.55. The van der Waals surface area contributed by atoms with E-state index < -0.39 is 31.4 Å². The van der Waals surface area contributed by atoms with Crippen LogP contribution >= 0.6 is 0 Å². The fourth-order valence-electron chi connectivity index (χ4n) is 3.28. The SMILES string of the molecule is CC1(C)OC2OC3C(CO)OB(c4ccccc4)OC3C2O1. The number of hydrogen-bond donors (Lipinski definition) is 1. The van der Waals surface area contributed by atoms with Crippen molar-refractivity contribution < 1.29 is 28.6 Å². The quantitative estimate of drug-likeness (QED) is 0.778. The van der Waals surface area contributed by atoms with Crippen LogP contribution in [-0.4, -0.2) is 55.3 Å². The lowest BCUT2D eigenvalue weighted by atomic mass is 9.76. The molecule has 0 bridgehead atoms. The van der Waals surface area contributed by atoms with Crippen molar-refractivity contribution in [1.82, 2.24) is 0 Å². The second-order valence-corrected chi connectivity index (χ2v) is 6.27. The topological polar surface area (TPSA) is 66.4 Å². The fraction of sp³-hybridized carbons (Fsp3) is 0.600. The second-order valence-electron chi connectivity index (χ2n) is 6.27. The van der Waals surface area contributed by atoms with Crippen molar-refractivity contribution in [2.24, 2.45) is 0 Å². The average molecular weight is 306 g/mol. The number of aliphatic hydroxyl groups excluding tert-OH is 1. The van der Waals surface area contributed by atoms with E-state index >= 15 is 0 Å². The average Bonchev–Trinajstić information content (AvgIpc) is 2.99. The molecule has 7 heteroatoms. The van der Waals surface area contributed by atoms with Crippen LogP contribution in [0.3, 0.4) is 0 Å². The molecule has 1 aromatic rings. The third kappa shape index (κ3) is 2.38. The summed E-state index contributed by atoms with van der Waals surface area (Å²) in [5, 5.41) is 9.63. The maximum Gasteiger partial charge on any atom is 0.494 e. The minimum Gasteiger partial charge on any atom is -0.399 e. The Morgan fingerprint density at radius 1 is 1.05 bits per heavy atom. The molecule has 3 heterocycles. The third-order valence-electron chi connectivity index (χ3n) is 4.22. The van der Waals surface area contributed by atoms with Crippen molar-refractivity contribution in [1.29, 1.82) is 0 Å². The molecule has 0 amide bonds. The van der Waals surface area contributed by atoms with Gasteiger partial charge >= 0.3 is 7.12 Å². The first kappa shape index (κ1) is 14.6. The highest BCUT2D eigenvalue weighted by Gasteiger charge is 2.60. The van der Waals surface area contributed by atoms with Gasteiger partial charge in [0.05, 0.1) is 12.7 Å². The third-order valence-corrected chi connectivity index (χ3v) is 4.22. The van der Waals surface area contributed by atoms with Crippen LogP contribution in [0.4, 0.5) is 0 Å². The highest BCUT2D eigenvalue weighted by atomic mass is 16.8. The maximum atomic E-state index is 9.63. The molecule has 3 saturated heterocycles.